The Hall–Kier alpha value is -3.00. The zero-order chi connectivity index (χ0) is 25.4. The van der Waals surface area contributed by atoms with Crippen molar-refractivity contribution >= 4 is 39.8 Å². The van der Waals surface area contributed by atoms with Crippen LogP contribution in [0, 0.1) is 6.92 Å². The van der Waals surface area contributed by atoms with Crippen LogP contribution in [-0.2, 0) is 11.3 Å². The first kappa shape index (κ1) is 24.7. The summed E-state index contributed by atoms with van der Waals surface area (Å²) in [5.41, 5.74) is 3.43. The molecule has 0 saturated heterocycles. The van der Waals surface area contributed by atoms with E-state index >= 15 is 0 Å². The number of hydrogen-bond donors (Lipinski definition) is 1. The fourth-order valence-electron chi connectivity index (χ4n) is 3.98. The molecule has 1 aliphatic carbocycles. The Kier molecular flexibility index (Phi) is 6.72. The van der Waals surface area contributed by atoms with E-state index in [4.69, 9.17) is 9.26 Å². The van der Waals surface area contributed by atoms with Crippen LogP contribution >= 0.6 is 22.6 Å². The van der Waals surface area contributed by atoms with Gasteiger partial charge in [0, 0.05) is 36.2 Å². The minimum absolute atomic E-state index is 0.0155. The van der Waals surface area contributed by atoms with E-state index in [1.807, 2.05) is 19.1 Å². The van der Waals surface area contributed by atoms with E-state index in [2.05, 4.69) is 20.4 Å². The summed E-state index contributed by atoms with van der Waals surface area (Å²) in [4.78, 5) is 21.8. The Morgan fingerprint density at radius 2 is 2.14 bits per heavy atom. The maximum atomic E-state index is 13.8. The quantitative estimate of drug-likeness (QED) is 0.203. The summed E-state index contributed by atoms with van der Waals surface area (Å²) in [5.74, 6) is 0.255. The third-order valence-electron chi connectivity index (χ3n) is 5.94. The second-order valence-electron chi connectivity index (χ2n) is 8.72. The summed E-state index contributed by atoms with van der Waals surface area (Å²) in [6.07, 6.45) is 1.20. The van der Waals surface area contributed by atoms with E-state index in [0.717, 1.165) is 5.56 Å². The van der Waals surface area contributed by atoms with Gasteiger partial charge in [0.05, 0.1) is 12.8 Å². The Labute approximate surface area is 217 Å². The first-order chi connectivity index (χ1) is 17.2. The highest BCUT2D eigenvalue weighted by Gasteiger charge is 2.46. The second-order valence-corrected chi connectivity index (χ2v) is 10.6. The van der Waals surface area contributed by atoms with E-state index in [1.165, 1.54) is 6.20 Å². The van der Waals surface area contributed by atoms with Crippen molar-refractivity contribution in [2.45, 2.75) is 42.4 Å². The average Bonchev–Trinajstić information content (AvgIpc) is 3.46. The van der Waals surface area contributed by atoms with E-state index < -0.39 is 22.6 Å². The van der Waals surface area contributed by atoms with E-state index in [1.54, 1.807) is 51.4 Å². The molecule has 4 aromatic rings. The van der Waals surface area contributed by atoms with Crippen LogP contribution in [0.25, 0.3) is 17.0 Å². The number of nitrogens with one attached hydrogen (secondary N) is 1. The zero-order valence-corrected chi connectivity index (χ0v) is 21.2. The molecule has 1 amide bonds. The van der Waals surface area contributed by atoms with Gasteiger partial charge in [-0.3, -0.25) is 9.20 Å². The molecule has 12 heteroatoms. The van der Waals surface area contributed by atoms with Gasteiger partial charge in [-0.2, -0.15) is 4.98 Å². The van der Waals surface area contributed by atoms with E-state index in [9.17, 15) is 18.0 Å². The first-order valence-electron chi connectivity index (χ1n) is 11.1. The van der Waals surface area contributed by atoms with Gasteiger partial charge >= 0.3 is 0 Å². The largest absolute Gasteiger partial charge is 0.371 e. The number of ether oxygens (including phenoxy) is 1. The number of benzene rings is 1. The molecule has 0 radical (unpaired) electrons. The SMILES string of the molecule is Cc1ccc(-c2noc(C3CC(F)(I)C3)n2)cc1NC(=O)c1cnc2ccc(COCC(F)F)cn12. The van der Waals surface area contributed by atoms with Gasteiger partial charge in [-0.1, -0.05) is 23.4 Å². The van der Waals surface area contributed by atoms with Crippen LogP contribution in [-0.4, -0.2) is 42.1 Å². The molecule has 1 aromatic carbocycles. The van der Waals surface area contributed by atoms with Crippen LogP contribution in [0.5, 0.6) is 0 Å². The molecule has 0 aliphatic heterocycles. The number of hydrogen-bond acceptors (Lipinski definition) is 6. The number of pyridine rings is 1. The van der Waals surface area contributed by atoms with Crippen LogP contribution in [0.15, 0.2) is 47.2 Å². The Morgan fingerprint density at radius 3 is 2.89 bits per heavy atom. The number of anilines is 1. The lowest BCUT2D eigenvalue weighted by atomic mass is 9.83. The number of carbonyl (C=O) groups is 1. The van der Waals surface area contributed by atoms with Gasteiger partial charge in [0.2, 0.25) is 11.7 Å². The molecular formula is C24H21F3IN5O3. The molecule has 5 rings (SSSR count). The van der Waals surface area contributed by atoms with Crippen LogP contribution in [0.2, 0.25) is 0 Å². The summed E-state index contributed by atoms with van der Waals surface area (Å²) in [7, 11) is 0. The highest BCUT2D eigenvalue weighted by Crippen LogP contribution is 2.51. The predicted octanol–water partition coefficient (Wildman–Crippen LogP) is 5.70. The summed E-state index contributed by atoms with van der Waals surface area (Å²) in [6, 6.07) is 8.78. The van der Waals surface area contributed by atoms with Crippen molar-refractivity contribution in [1.82, 2.24) is 19.5 Å². The van der Waals surface area contributed by atoms with Crippen molar-refractivity contribution in [2.75, 3.05) is 11.9 Å². The van der Waals surface area contributed by atoms with Gasteiger partial charge in [-0.25, -0.2) is 18.2 Å². The number of nitrogens with zero attached hydrogens (tertiary/aromatic N) is 4. The predicted molar refractivity (Wildman–Crippen MR) is 133 cm³/mol. The molecule has 188 valence electrons. The molecule has 1 N–H and O–H groups in total. The summed E-state index contributed by atoms with van der Waals surface area (Å²) >= 11 is 1.79. The van der Waals surface area contributed by atoms with Gasteiger partial charge in [0.1, 0.15) is 17.9 Å². The van der Waals surface area contributed by atoms with Gasteiger partial charge < -0.3 is 14.6 Å². The molecule has 1 saturated carbocycles. The fraction of sp³-hybridized carbons (Fsp3) is 0.333. The Balaban J connectivity index is 1.33. The number of aromatic nitrogens is 4. The third kappa shape index (κ3) is 5.24. The zero-order valence-electron chi connectivity index (χ0n) is 19.1. The lowest BCUT2D eigenvalue weighted by Crippen LogP contribution is -2.32. The van der Waals surface area contributed by atoms with Crippen LogP contribution in [0.1, 0.15) is 46.3 Å². The van der Waals surface area contributed by atoms with Crippen LogP contribution in [0.4, 0.5) is 18.9 Å². The number of rotatable bonds is 8. The van der Waals surface area contributed by atoms with Crippen molar-refractivity contribution in [3.05, 3.63) is 65.4 Å². The molecule has 36 heavy (non-hydrogen) atoms. The number of amides is 1. The highest BCUT2D eigenvalue weighted by atomic mass is 127. The second kappa shape index (κ2) is 9.81. The number of carbonyl (C=O) groups excluding carboxylic acids is 1. The van der Waals surface area contributed by atoms with Gasteiger partial charge in [-0.15, -0.1) is 0 Å². The molecule has 0 bridgehead atoms. The molecule has 3 heterocycles. The maximum absolute atomic E-state index is 13.8. The fourth-order valence-corrected chi connectivity index (χ4v) is 5.04. The van der Waals surface area contributed by atoms with Crippen molar-refractivity contribution in [1.29, 1.82) is 0 Å². The molecule has 1 fully saturated rings. The molecule has 3 aromatic heterocycles. The lowest BCUT2D eigenvalue weighted by molar-refractivity contribution is 0.00978. The van der Waals surface area contributed by atoms with Crippen molar-refractivity contribution in [3.63, 3.8) is 0 Å². The van der Waals surface area contributed by atoms with Gasteiger partial charge in [0.15, 0.2) is 3.68 Å². The molecule has 1 aliphatic rings. The first-order valence-corrected chi connectivity index (χ1v) is 12.2. The lowest BCUT2D eigenvalue weighted by Gasteiger charge is -2.34. The number of aryl methyl sites for hydroxylation is 1. The van der Waals surface area contributed by atoms with E-state index in [0.29, 0.717) is 47.0 Å². The van der Waals surface area contributed by atoms with Crippen molar-refractivity contribution in [2.24, 2.45) is 0 Å². The number of fused-ring (bicyclic) bond motifs is 1. The standard InChI is InChI=1S/C24H21F3IN5O3/c1-13-2-4-15(21-31-23(36-32-21)16-7-24(27,28)8-16)6-17(13)30-22(34)18-9-29-20-5-3-14(10-33(18)20)11-35-12-19(25)26/h2-6,9-10,16,19H,7-8,11-12H2,1H3,(H,30,34). The van der Waals surface area contributed by atoms with Crippen molar-refractivity contribution < 1.29 is 27.2 Å². The minimum atomic E-state index is -2.55. The number of alkyl halides is 4. The number of imidazole rings is 1. The normalized spacial score (nSPS) is 19.6. The smallest absolute Gasteiger partial charge is 0.274 e. The monoisotopic (exact) mass is 611 g/mol. The molecule has 8 nitrogen and oxygen atoms in total. The average molecular weight is 611 g/mol. The summed E-state index contributed by atoms with van der Waals surface area (Å²) in [6.45, 7) is 1.17. The van der Waals surface area contributed by atoms with Crippen LogP contribution in [0.3, 0.4) is 0 Å². The Bertz CT molecular complexity index is 1410. The van der Waals surface area contributed by atoms with Crippen molar-refractivity contribution in [3.8, 4) is 11.4 Å². The molecular weight excluding hydrogens is 590 g/mol. The molecule has 0 spiro atoms. The molecule has 0 atom stereocenters. The topological polar surface area (TPSA) is 94.6 Å². The summed E-state index contributed by atoms with van der Waals surface area (Å²) in [5, 5.41) is 6.91. The Morgan fingerprint density at radius 1 is 1.33 bits per heavy atom. The van der Waals surface area contributed by atoms with Gasteiger partial charge in [0.25, 0.3) is 12.3 Å². The van der Waals surface area contributed by atoms with E-state index in [-0.39, 0.29) is 18.2 Å². The maximum Gasteiger partial charge on any atom is 0.274 e. The van der Waals surface area contributed by atoms with Crippen LogP contribution < -0.4 is 5.32 Å². The van der Waals surface area contributed by atoms with Gasteiger partial charge in [-0.05, 0) is 52.8 Å². The molecule has 0 unspecified atom stereocenters. The summed E-state index contributed by atoms with van der Waals surface area (Å²) < 4.78 is 49.2. The highest BCUT2D eigenvalue weighted by molar-refractivity contribution is 14.1. The minimum Gasteiger partial charge on any atom is -0.371 e. The number of halogens is 4. The third-order valence-corrected chi connectivity index (χ3v) is 6.82.